The van der Waals surface area contributed by atoms with Crippen molar-refractivity contribution in [2.24, 2.45) is 4.99 Å². The molecule has 1 aliphatic rings. The Morgan fingerprint density at radius 3 is 2.61 bits per heavy atom. The van der Waals surface area contributed by atoms with Crippen LogP contribution in [0.1, 0.15) is 5.56 Å². The molecule has 2 aromatic rings. The summed E-state index contributed by atoms with van der Waals surface area (Å²) in [6, 6.07) is 9.86. The number of nitrogens with one attached hydrogen (secondary N) is 1. The zero-order valence-corrected chi connectivity index (χ0v) is 15.4. The van der Waals surface area contributed by atoms with Crippen molar-refractivity contribution >= 4 is 17.3 Å². The fraction of sp³-hybridized carbons (Fsp3) is 0.316. The standard InChI is InChI=1S/C19H21F2N5O2/c1-22-19(23-13-14-3-2-4-16(11-14)26(27)28)25-9-7-24(8-10-25)18-12-15(20)5-6-17(18)21/h2-6,11-12H,7-10,13H2,1H3,(H,22,23). The first-order chi connectivity index (χ1) is 13.5. The maximum atomic E-state index is 14.0. The van der Waals surface area contributed by atoms with Crippen molar-refractivity contribution in [2.45, 2.75) is 6.54 Å². The van der Waals surface area contributed by atoms with Crippen LogP contribution >= 0.6 is 0 Å². The van der Waals surface area contributed by atoms with Gasteiger partial charge in [-0.25, -0.2) is 8.78 Å². The van der Waals surface area contributed by atoms with E-state index in [9.17, 15) is 18.9 Å². The van der Waals surface area contributed by atoms with Crippen LogP contribution in [-0.2, 0) is 6.54 Å². The van der Waals surface area contributed by atoms with E-state index in [1.54, 1.807) is 19.2 Å². The van der Waals surface area contributed by atoms with E-state index >= 15 is 0 Å². The lowest BCUT2D eigenvalue weighted by Gasteiger charge is -2.37. The van der Waals surface area contributed by atoms with Crippen LogP contribution in [0.15, 0.2) is 47.5 Å². The fourth-order valence-electron chi connectivity index (χ4n) is 3.18. The Morgan fingerprint density at radius 2 is 1.93 bits per heavy atom. The maximum Gasteiger partial charge on any atom is 0.269 e. The van der Waals surface area contributed by atoms with Gasteiger partial charge in [0, 0.05) is 58.0 Å². The van der Waals surface area contributed by atoms with E-state index in [-0.39, 0.29) is 11.4 Å². The third-order valence-electron chi connectivity index (χ3n) is 4.61. The number of benzene rings is 2. The molecule has 0 amide bonds. The van der Waals surface area contributed by atoms with Crippen molar-refractivity contribution in [3.63, 3.8) is 0 Å². The molecule has 28 heavy (non-hydrogen) atoms. The number of aliphatic imine (C=N–C) groups is 1. The van der Waals surface area contributed by atoms with E-state index in [1.165, 1.54) is 18.2 Å². The molecule has 1 saturated heterocycles. The summed E-state index contributed by atoms with van der Waals surface area (Å²) in [7, 11) is 1.66. The molecule has 0 aromatic heterocycles. The number of piperazine rings is 1. The second-order valence-corrected chi connectivity index (χ2v) is 6.40. The van der Waals surface area contributed by atoms with E-state index in [0.717, 1.165) is 17.7 Å². The maximum absolute atomic E-state index is 14.0. The Hall–Kier alpha value is -3.23. The molecular formula is C19H21F2N5O2. The summed E-state index contributed by atoms with van der Waals surface area (Å²) < 4.78 is 27.4. The molecule has 1 fully saturated rings. The van der Waals surface area contributed by atoms with Gasteiger partial charge in [0.1, 0.15) is 11.6 Å². The zero-order valence-electron chi connectivity index (χ0n) is 15.4. The highest BCUT2D eigenvalue weighted by Gasteiger charge is 2.22. The minimum Gasteiger partial charge on any atom is -0.366 e. The normalized spacial score (nSPS) is 14.9. The fourth-order valence-corrected chi connectivity index (χ4v) is 3.18. The summed E-state index contributed by atoms with van der Waals surface area (Å²) in [6.45, 7) is 2.62. The Balaban J connectivity index is 1.59. The van der Waals surface area contributed by atoms with Gasteiger partial charge in [-0.15, -0.1) is 0 Å². The van der Waals surface area contributed by atoms with E-state index in [1.807, 2.05) is 9.80 Å². The van der Waals surface area contributed by atoms with Crippen LogP contribution in [0, 0.1) is 21.7 Å². The van der Waals surface area contributed by atoms with Crippen molar-refractivity contribution in [3.8, 4) is 0 Å². The molecule has 0 radical (unpaired) electrons. The van der Waals surface area contributed by atoms with Gasteiger partial charge in [-0.05, 0) is 17.7 Å². The lowest BCUT2D eigenvalue weighted by molar-refractivity contribution is -0.384. The summed E-state index contributed by atoms with van der Waals surface area (Å²) in [5, 5.41) is 14.1. The molecule has 9 heteroatoms. The molecule has 1 heterocycles. The smallest absolute Gasteiger partial charge is 0.269 e. The molecule has 148 valence electrons. The molecule has 3 rings (SSSR count). The van der Waals surface area contributed by atoms with Gasteiger partial charge in [-0.2, -0.15) is 0 Å². The van der Waals surface area contributed by atoms with E-state index < -0.39 is 16.6 Å². The molecule has 0 atom stereocenters. The van der Waals surface area contributed by atoms with Crippen LogP contribution in [0.3, 0.4) is 0 Å². The molecule has 2 aromatic carbocycles. The minimum absolute atomic E-state index is 0.0417. The lowest BCUT2D eigenvalue weighted by atomic mass is 10.2. The van der Waals surface area contributed by atoms with E-state index in [2.05, 4.69) is 10.3 Å². The predicted octanol–water partition coefficient (Wildman–Crippen LogP) is 2.77. The topological polar surface area (TPSA) is 74.0 Å². The van der Waals surface area contributed by atoms with Crippen LogP contribution in [0.25, 0.3) is 0 Å². The summed E-state index contributed by atoms with van der Waals surface area (Å²) in [6.07, 6.45) is 0. The van der Waals surface area contributed by atoms with Gasteiger partial charge in [-0.3, -0.25) is 15.1 Å². The number of guanidine groups is 1. The molecule has 0 aliphatic carbocycles. The van der Waals surface area contributed by atoms with Crippen molar-refractivity contribution in [2.75, 3.05) is 38.1 Å². The van der Waals surface area contributed by atoms with Gasteiger partial charge in [0.05, 0.1) is 10.6 Å². The van der Waals surface area contributed by atoms with Gasteiger partial charge in [0.15, 0.2) is 5.96 Å². The summed E-state index contributed by atoms with van der Waals surface area (Å²) in [4.78, 5) is 18.5. The highest BCUT2D eigenvalue weighted by molar-refractivity contribution is 5.80. The summed E-state index contributed by atoms with van der Waals surface area (Å²) >= 11 is 0. The molecular weight excluding hydrogens is 368 g/mol. The second-order valence-electron chi connectivity index (χ2n) is 6.40. The molecule has 0 spiro atoms. The molecule has 1 aliphatic heterocycles. The van der Waals surface area contributed by atoms with Gasteiger partial charge in [0.2, 0.25) is 0 Å². The van der Waals surface area contributed by atoms with Gasteiger partial charge in [-0.1, -0.05) is 12.1 Å². The summed E-state index contributed by atoms with van der Waals surface area (Å²) in [5.74, 6) is -0.248. The van der Waals surface area contributed by atoms with Gasteiger partial charge >= 0.3 is 0 Å². The molecule has 0 unspecified atom stereocenters. The second kappa shape index (κ2) is 8.64. The van der Waals surface area contributed by atoms with Crippen molar-refractivity contribution in [1.29, 1.82) is 0 Å². The third-order valence-corrected chi connectivity index (χ3v) is 4.61. The number of non-ortho nitro benzene ring substituents is 1. The Kier molecular flexibility index (Phi) is 6.03. The summed E-state index contributed by atoms with van der Waals surface area (Å²) in [5.41, 5.74) is 1.08. The quantitative estimate of drug-likeness (QED) is 0.377. The number of nitro groups is 1. The SMILES string of the molecule is CN=C(NCc1cccc([N+](=O)[O-])c1)N1CCN(c2cc(F)ccc2F)CC1. The number of rotatable bonds is 4. The minimum atomic E-state index is -0.465. The van der Waals surface area contributed by atoms with Gasteiger partial charge < -0.3 is 15.1 Å². The molecule has 7 nitrogen and oxygen atoms in total. The van der Waals surface area contributed by atoms with Crippen LogP contribution in [0.5, 0.6) is 0 Å². The number of anilines is 1. The highest BCUT2D eigenvalue weighted by Crippen LogP contribution is 2.22. The van der Waals surface area contributed by atoms with Crippen molar-refractivity contribution < 1.29 is 13.7 Å². The molecule has 1 N–H and O–H groups in total. The average molecular weight is 389 g/mol. The molecule has 0 bridgehead atoms. The number of nitro benzene ring substituents is 1. The number of hydrogen-bond donors (Lipinski definition) is 1. The first kappa shape index (κ1) is 19.5. The lowest BCUT2D eigenvalue weighted by Crippen LogP contribution is -2.52. The number of hydrogen-bond acceptors (Lipinski definition) is 4. The monoisotopic (exact) mass is 389 g/mol. The van der Waals surface area contributed by atoms with Crippen molar-refractivity contribution in [1.82, 2.24) is 10.2 Å². The van der Waals surface area contributed by atoms with Crippen LogP contribution in [-0.4, -0.2) is 49.0 Å². The first-order valence-electron chi connectivity index (χ1n) is 8.87. The number of halogens is 2. The molecule has 0 saturated carbocycles. The van der Waals surface area contributed by atoms with Gasteiger partial charge in [0.25, 0.3) is 5.69 Å². The van der Waals surface area contributed by atoms with E-state index in [0.29, 0.717) is 38.7 Å². The van der Waals surface area contributed by atoms with Crippen molar-refractivity contribution in [3.05, 3.63) is 69.8 Å². The average Bonchev–Trinajstić information content (AvgIpc) is 2.71. The zero-order chi connectivity index (χ0) is 20.1. The predicted molar refractivity (Wildman–Crippen MR) is 103 cm³/mol. The Morgan fingerprint density at radius 1 is 1.18 bits per heavy atom. The van der Waals surface area contributed by atoms with Crippen LogP contribution in [0.2, 0.25) is 0 Å². The third kappa shape index (κ3) is 4.54. The highest BCUT2D eigenvalue weighted by atomic mass is 19.1. The Bertz CT molecular complexity index is 882. The first-order valence-corrected chi connectivity index (χ1v) is 8.87. The van der Waals surface area contributed by atoms with Crippen LogP contribution < -0.4 is 10.2 Å². The van der Waals surface area contributed by atoms with E-state index in [4.69, 9.17) is 0 Å². The Labute approximate surface area is 161 Å². The largest absolute Gasteiger partial charge is 0.366 e. The number of nitrogens with zero attached hydrogens (tertiary/aromatic N) is 4. The van der Waals surface area contributed by atoms with Crippen LogP contribution in [0.4, 0.5) is 20.2 Å².